The van der Waals surface area contributed by atoms with E-state index in [1.54, 1.807) is 6.07 Å². The van der Waals surface area contributed by atoms with Crippen LogP contribution in [0.2, 0.25) is 0 Å². The molecule has 0 bridgehead atoms. The van der Waals surface area contributed by atoms with E-state index in [-0.39, 0.29) is 17.3 Å². The van der Waals surface area contributed by atoms with Gasteiger partial charge in [0.2, 0.25) is 5.91 Å². The number of halogens is 1. The Morgan fingerprint density at radius 1 is 1.27 bits per heavy atom. The normalized spacial score (nSPS) is 25.7. The molecule has 2 aliphatic rings. The van der Waals surface area contributed by atoms with E-state index in [0.29, 0.717) is 19.3 Å². The Hall–Kier alpha value is -1.91. The lowest BCUT2D eigenvalue weighted by atomic mass is 9.69. The van der Waals surface area contributed by atoms with Crippen LogP contribution in [0.4, 0.5) is 4.39 Å². The number of hydrogen-bond donors (Lipinski definition) is 2. The molecule has 0 aromatic heterocycles. The molecule has 118 valence electrons. The summed E-state index contributed by atoms with van der Waals surface area (Å²) in [5.41, 5.74) is 0.534. The van der Waals surface area contributed by atoms with Crippen LogP contribution in [-0.4, -0.2) is 22.5 Å². The first-order valence-electron chi connectivity index (χ1n) is 7.78. The first-order valence-corrected chi connectivity index (χ1v) is 7.78. The molecule has 0 spiro atoms. The highest BCUT2D eigenvalue weighted by Gasteiger charge is 2.45. The van der Waals surface area contributed by atoms with Crippen molar-refractivity contribution in [3.8, 4) is 0 Å². The van der Waals surface area contributed by atoms with Gasteiger partial charge in [0.05, 0.1) is 11.8 Å². The van der Waals surface area contributed by atoms with Crippen LogP contribution < -0.4 is 5.32 Å². The lowest BCUT2D eigenvalue weighted by molar-refractivity contribution is -0.153. The van der Waals surface area contributed by atoms with Crippen LogP contribution in [0, 0.1) is 17.7 Å². The van der Waals surface area contributed by atoms with Crippen LogP contribution in [0.3, 0.4) is 0 Å². The van der Waals surface area contributed by atoms with Gasteiger partial charge < -0.3 is 10.4 Å². The summed E-state index contributed by atoms with van der Waals surface area (Å²) in [4.78, 5) is 23.4. The summed E-state index contributed by atoms with van der Waals surface area (Å²) < 4.78 is 13.3. The number of rotatable bonds is 5. The summed E-state index contributed by atoms with van der Waals surface area (Å²) in [6, 6.07) is 6.43. The van der Waals surface area contributed by atoms with E-state index in [1.165, 1.54) is 12.1 Å². The Kier molecular flexibility index (Phi) is 3.89. The smallest absolute Gasteiger partial charge is 0.307 e. The number of hydrogen-bond acceptors (Lipinski definition) is 2. The Morgan fingerprint density at radius 3 is 2.50 bits per heavy atom. The monoisotopic (exact) mass is 305 g/mol. The van der Waals surface area contributed by atoms with E-state index in [0.717, 1.165) is 24.8 Å². The van der Waals surface area contributed by atoms with Gasteiger partial charge in [0.15, 0.2) is 0 Å². The van der Waals surface area contributed by atoms with Gasteiger partial charge in [-0.3, -0.25) is 9.59 Å². The van der Waals surface area contributed by atoms with Gasteiger partial charge >= 0.3 is 5.97 Å². The molecule has 2 aliphatic carbocycles. The van der Waals surface area contributed by atoms with E-state index < -0.39 is 17.8 Å². The fourth-order valence-electron chi connectivity index (χ4n) is 3.45. The fourth-order valence-corrected chi connectivity index (χ4v) is 3.45. The molecule has 0 heterocycles. The summed E-state index contributed by atoms with van der Waals surface area (Å²) in [6.07, 6.45) is 4.56. The minimum Gasteiger partial charge on any atom is -0.481 e. The molecular weight excluding hydrogens is 285 g/mol. The minimum atomic E-state index is -0.890. The van der Waals surface area contributed by atoms with Crippen LogP contribution in [0.15, 0.2) is 24.3 Å². The van der Waals surface area contributed by atoms with E-state index in [9.17, 15) is 14.0 Å². The maximum Gasteiger partial charge on any atom is 0.307 e. The Balaban J connectivity index is 1.66. The second kappa shape index (κ2) is 5.71. The summed E-state index contributed by atoms with van der Waals surface area (Å²) >= 11 is 0. The van der Waals surface area contributed by atoms with Gasteiger partial charge in [0, 0.05) is 5.54 Å². The molecule has 0 radical (unpaired) electrons. The van der Waals surface area contributed by atoms with Crippen LogP contribution in [-0.2, 0) is 16.0 Å². The highest BCUT2D eigenvalue weighted by atomic mass is 19.1. The Labute approximate surface area is 128 Å². The Morgan fingerprint density at radius 2 is 2.00 bits per heavy atom. The third-order valence-corrected chi connectivity index (χ3v) is 5.06. The van der Waals surface area contributed by atoms with Gasteiger partial charge in [-0.05, 0) is 56.2 Å². The highest BCUT2D eigenvalue weighted by molar-refractivity contribution is 5.86. The molecule has 2 saturated carbocycles. The van der Waals surface area contributed by atoms with Crippen molar-refractivity contribution in [1.82, 2.24) is 5.32 Å². The molecule has 22 heavy (non-hydrogen) atoms. The molecule has 2 fully saturated rings. The first kappa shape index (κ1) is 15.0. The van der Waals surface area contributed by atoms with Crippen molar-refractivity contribution in [3.63, 3.8) is 0 Å². The number of benzene rings is 1. The van der Waals surface area contributed by atoms with Gasteiger partial charge in [0.1, 0.15) is 5.82 Å². The van der Waals surface area contributed by atoms with Crippen LogP contribution in [0.25, 0.3) is 0 Å². The molecule has 1 amide bonds. The van der Waals surface area contributed by atoms with Crippen molar-refractivity contribution in [2.24, 2.45) is 11.8 Å². The second-order valence-electron chi connectivity index (χ2n) is 6.56. The third kappa shape index (κ3) is 2.85. The molecule has 5 heteroatoms. The molecule has 1 aromatic rings. The zero-order valence-corrected chi connectivity index (χ0v) is 12.3. The number of carboxylic acids is 1. The molecule has 0 saturated heterocycles. The number of carbonyl (C=O) groups is 2. The van der Waals surface area contributed by atoms with E-state index in [4.69, 9.17) is 5.11 Å². The van der Waals surface area contributed by atoms with Gasteiger partial charge in [-0.1, -0.05) is 12.1 Å². The molecule has 2 unspecified atom stereocenters. The number of nitrogens with one attached hydrogen (secondary N) is 1. The molecule has 2 N–H and O–H groups in total. The third-order valence-electron chi connectivity index (χ3n) is 5.06. The number of amides is 1. The van der Waals surface area contributed by atoms with E-state index in [1.807, 2.05) is 6.07 Å². The largest absolute Gasteiger partial charge is 0.481 e. The lowest BCUT2D eigenvalue weighted by Gasteiger charge is -2.45. The second-order valence-corrected chi connectivity index (χ2v) is 6.56. The predicted octanol–water partition coefficient (Wildman–Crippen LogP) is 2.52. The fraction of sp³-hybridized carbons (Fsp3) is 0.529. The number of carbonyl (C=O) groups excluding carboxylic acids is 1. The van der Waals surface area contributed by atoms with Crippen molar-refractivity contribution in [3.05, 3.63) is 35.6 Å². The molecule has 3 rings (SSSR count). The average molecular weight is 305 g/mol. The summed E-state index contributed by atoms with van der Waals surface area (Å²) in [7, 11) is 0. The first-order chi connectivity index (χ1) is 10.5. The molecule has 0 aliphatic heterocycles. The summed E-state index contributed by atoms with van der Waals surface area (Å²) in [5.74, 6) is -2.29. The van der Waals surface area contributed by atoms with Crippen LogP contribution in [0.5, 0.6) is 0 Å². The van der Waals surface area contributed by atoms with Gasteiger partial charge in [0.25, 0.3) is 0 Å². The summed E-state index contributed by atoms with van der Waals surface area (Å²) in [5, 5.41) is 12.1. The topological polar surface area (TPSA) is 66.4 Å². The molecular formula is C17H20FNO3. The van der Waals surface area contributed by atoms with Gasteiger partial charge in [-0.2, -0.15) is 0 Å². The standard InChI is InChI=1S/C17H20FNO3/c18-12-4-1-3-11(9-12)10-17(7-2-8-17)19-15(20)13-5-6-14(13)16(21)22/h1,3-4,9,13-14H,2,5-8,10H2,(H,19,20)(H,21,22). The minimum absolute atomic E-state index is 0.158. The van der Waals surface area contributed by atoms with Crippen molar-refractivity contribution >= 4 is 11.9 Å². The lowest BCUT2D eigenvalue weighted by Crippen LogP contribution is -2.58. The molecule has 1 aromatic carbocycles. The van der Waals surface area contributed by atoms with Crippen LogP contribution >= 0.6 is 0 Å². The van der Waals surface area contributed by atoms with Crippen molar-refractivity contribution < 1.29 is 19.1 Å². The average Bonchev–Trinajstić information content (AvgIpc) is 2.33. The number of aliphatic carboxylic acids is 1. The summed E-state index contributed by atoms with van der Waals surface area (Å²) in [6.45, 7) is 0. The van der Waals surface area contributed by atoms with E-state index >= 15 is 0 Å². The van der Waals surface area contributed by atoms with Gasteiger partial charge in [-0.15, -0.1) is 0 Å². The zero-order chi connectivity index (χ0) is 15.7. The quantitative estimate of drug-likeness (QED) is 0.878. The van der Waals surface area contributed by atoms with Crippen molar-refractivity contribution in [1.29, 1.82) is 0 Å². The van der Waals surface area contributed by atoms with Crippen molar-refractivity contribution in [2.75, 3.05) is 0 Å². The number of carboxylic acid groups (broad SMARTS) is 1. The SMILES string of the molecule is O=C(O)C1CCC1C(=O)NC1(Cc2cccc(F)c2)CCC1. The van der Waals surface area contributed by atoms with Gasteiger partial charge in [-0.25, -0.2) is 4.39 Å². The zero-order valence-electron chi connectivity index (χ0n) is 12.3. The van der Waals surface area contributed by atoms with E-state index in [2.05, 4.69) is 5.32 Å². The maximum atomic E-state index is 13.3. The van der Waals surface area contributed by atoms with Crippen molar-refractivity contribution in [2.45, 2.75) is 44.1 Å². The molecule has 4 nitrogen and oxygen atoms in total. The highest BCUT2D eigenvalue weighted by Crippen LogP contribution is 2.39. The maximum absolute atomic E-state index is 13.3. The Bertz CT molecular complexity index is 597. The molecule has 2 atom stereocenters. The predicted molar refractivity (Wildman–Crippen MR) is 78.7 cm³/mol. The van der Waals surface area contributed by atoms with Crippen LogP contribution in [0.1, 0.15) is 37.7 Å².